The lowest BCUT2D eigenvalue weighted by molar-refractivity contribution is 0.0867. The van der Waals surface area contributed by atoms with Gasteiger partial charge in [0, 0.05) is 32.2 Å². The summed E-state index contributed by atoms with van der Waals surface area (Å²) in [6, 6.07) is 0.899. The molecular weight excluding hydrogens is 198 g/mol. The molecule has 3 aliphatic rings. The Morgan fingerprint density at radius 3 is 2.75 bits per heavy atom. The smallest absolute Gasteiger partial charge is 0.0224 e. The van der Waals surface area contributed by atoms with Gasteiger partial charge in [-0.05, 0) is 51.2 Å². The SMILES string of the molecule is C1CC2CN(CC3CCNCC3)CCN2C1. The third kappa shape index (κ3) is 2.41. The third-order valence-electron chi connectivity index (χ3n) is 4.65. The van der Waals surface area contributed by atoms with Gasteiger partial charge >= 0.3 is 0 Å². The fourth-order valence-corrected chi connectivity index (χ4v) is 3.65. The normalized spacial score (nSPS) is 34.1. The van der Waals surface area contributed by atoms with Gasteiger partial charge in [0.15, 0.2) is 0 Å². The first kappa shape index (κ1) is 11.0. The van der Waals surface area contributed by atoms with E-state index in [-0.39, 0.29) is 0 Å². The second kappa shape index (κ2) is 5.03. The van der Waals surface area contributed by atoms with Crippen LogP contribution in [0.25, 0.3) is 0 Å². The average molecular weight is 223 g/mol. The van der Waals surface area contributed by atoms with Crippen LogP contribution in [0.1, 0.15) is 25.7 Å². The van der Waals surface area contributed by atoms with E-state index in [0.29, 0.717) is 0 Å². The van der Waals surface area contributed by atoms with Gasteiger partial charge in [0.05, 0.1) is 0 Å². The minimum Gasteiger partial charge on any atom is -0.317 e. The van der Waals surface area contributed by atoms with Crippen molar-refractivity contribution >= 4 is 0 Å². The third-order valence-corrected chi connectivity index (χ3v) is 4.65. The lowest BCUT2D eigenvalue weighted by Gasteiger charge is -2.39. The summed E-state index contributed by atoms with van der Waals surface area (Å²) in [5, 5.41) is 3.46. The van der Waals surface area contributed by atoms with Crippen molar-refractivity contribution < 1.29 is 0 Å². The van der Waals surface area contributed by atoms with Crippen LogP contribution in [0.2, 0.25) is 0 Å². The summed E-state index contributed by atoms with van der Waals surface area (Å²) in [5.74, 6) is 0.967. The van der Waals surface area contributed by atoms with Gasteiger partial charge in [-0.25, -0.2) is 0 Å². The molecule has 3 heteroatoms. The first-order valence-corrected chi connectivity index (χ1v) is 7.09. The number of fused-ring (bicyclic) bond motifs is 1. The van der Waals surface area contributed by atoms with Gasteiger partial charge in [-0.15, -0.1) is 0 Å². The Morgan fingerprint density at radius 2 is 1.88 bits per heavy atom. The first-order valence-electron chi connectivity index (χ1n) is 7.09. The Labute approximate surface area is 99.2 Å². The predicted octanol–water partition coefficient (Wildman–Crippen LogP) is 0.766. The zero-order chi connectivity index (χ0) is 10.8. The van der Waals surface area contributed by atoms with Crippen LogP contribution in [0, 0.1) is 5.92 Å². The quantitative estimate of drug-likeness (QED) is 0.746. The highest BCUT2D eigenvalue weighted by Crippen LogP contribution is 2.23. The zero-order valence-electron chi connectivity index (χ0n) is 10.3. The van der Waals surface area contributed by atoms with Crippen molar-refractivity contribution in [3.63, 3.8) is 0 Å². The van der Waals surface area contributed by atoms with E-state index in [2.05, 4.69) is 15.1 Å². The second-order valence-corrected chi connectivity index (χ2v) is 5.78. The number of nitrogens with one attached hydrogen (secondary N) is 1. The Kier molecular flexibility index (Phi) is 3.46. The highest BCUT2D eigenvalue weighted by atomic mass is 15.3. The van der Waals surface area contributed by atoms with Crippen molar-refractivity contribution in [1.29, 1.82) is 0 Å². The molecule has 0 amide bonds. The summed E-state index contributed by atoms with van der Waals surface area (Å²) < 4.78 is 0. The monoisotopic (exact) mass is 223 g/mol. The van der Waals surface area contributed by atoms with E-state index in [1.807, 2.05) is 0 Å². The fourth-order valence-electron chi connectivity index (χ4n) is 3.65. The highest BCUT2D eigenvalue weighted by Gasteiger charge is 2.31. The molecule has 3 rings (SSSR count). The first-order chi connectivity index (χ1) is 7.92. The molecule has 3 aliphatic heterocycles. The van der Waals surface area contributed by atoms with Crippen LogP contribution in [-0.2, 0) is 0 Å². The highest BCUT2D eigenvalue weighted by molar-refractivity contribution is 4.87. The lowest BCUT2D eigenvalue weighted by Crippen LogP contribution is -2.51. The molecule has 0 radical (unpaired) electrons. The van der Waals surface area contributed by atoms with Crippen LogP contribution in [0.5, 0.6) is 0 Å². The number of nitrogens with zero attached hydrogens (tertiary/aromatic N) is 2. The molecule has 0 spiro atoms. The summed E-state index contributed by atoms with van der Waals surface area (Å²) in [5.41, 5.74) is 0. The molecule has 0 aromatic carbocycles. The van der Waals surface area contributed by atoms with Crippen LogP contribution in [0.15, 0.2) is 0 Å². The average Bonchev–Trinajstić information content (AvgIpc) is 2.77. The molecule has 3 nitrogen and oxygen atoms in total. The van der Waals surface area contributed by atoms with Crippen LogP contribution in [0.4, 0.5) is 0 Å². The van der Waals surface area contributed by atoms with Gasteiger partial charge in [-0.2, -0.15) is 0 Å². The molecule has 0 aromatic heterocycles. The maximum absolute atomic E-state index is 3.46. The van der Waals surface area contributed by atoms with Gasteiger partial charge in [0.2, 0.25) is 0 Å². The molecule has 16 heavy (non-hydrogen) atoms. The molecule has 1 unspecified atom stereocenters. The summed E-state index contributed by atoms with van der Waals surface area (Å²) >= 11 is 0. The molecule has 3 saturated heterocycles. The van der Waals surface area contributed by atoms with E-state index in [4.69, 9.17) is 0 Å². The van der Waals surface area contributed by atoms with E-state index in [0.717, 1.165) is 12.0 Å². The molecule has 3 fully saturated rings. The maximum atomic E-state index is 3.46. The van der Waals surface area contributed by atoms with Gasteiger partial charge in [-0.3, -0.25) is 4.90 Å². The van der Waals surface area contributed by atoms with Crippen LogP contribution >= 0.6 is 0 Å². The number of hydrogen-bond acceptors (Lipinski definition) is 3. The number of rotatable bonds is 2. The van der Waals surface area contributed by atoms with Gasteiger partial charge < -0.3 is 10.2 Å². The lowest BCUT2D eigenvalue weighted by atomic mass is 9.97. The minimum absolute atomic E-state index is 0.899. The fraction of sp³-hybridized carbons (Fsp3) is 1.00. The van der Waals surface area contributed by atoms with E-state index in [1.165, 1.54) is 71.5 Å². The van der Waals surface area contributed by atoms with E-state index < -0.39 is 0 Å². The van der Waals surface area contributed by atoms with Crippen molar-refractivity contribution in [2.45, 2.75) is 31.7 Å². The van der Waals surface area contributed by atoms with Crippen molar-refractivity contribution in [2.24, 2.45) is 5.92 Å². The minimum atomic E-state index is 0.899. The van der Waals surface area contributed by atoms with E-state index >= 15 is 0 Å². The Hall–Kier alpha value is -0.120. The Balaban J connectivity index is 1.48. The zero-order valence-corrected chi connectivity index (χ0v) is 10.3. The molecule has 0 aromatic rings. The van der Waals surface area contributed by atoms with E-state index in [1.54, 1.807) is 0 Å². The van der Waals surface area contributed by atoms with Crippen LogP contribution < -0.4 is 5.32 Å². The van der Waals surface area contributed by atoms with E-state index in [9.17, 15) is 0 Å². The van der Waals surface area contributed by atoms with Crippen molar-refractivity contribution in [2.75, 3.05) is 45.8 Å². The Morgan fingerprint density at radius 1 is 1.00 bits per heavy atom. The topological polar surface area (TPSA) is 18.5 Å². The van der Waals surface area contributed by atoms with Crippen molar-refractivity contribution in [3.8, 4) is 0 Å². The standard InChI is InChI=1S/C13H25N3/c1-2-13-11-15(8-9-16(13)7-1)10-12-3-5-14-6-4-12/h12-14H,1-11H2. The molecule has 3 heterocycles. The Bertz CT molecular complexity index is 225. The molecule has 0 bridgehead atoms. The number of piperidine rings is 1. The van der Waals surface area contributed by atoms with Gasteiger partial charge in [0.1, 0.15) is 0 Å². The van der Waals surface area contributed by atoms with Crippen LogP contribution in [-0.4, -0.2) is 61.7 Å². The number of piperazine rings is 1. The molecule has 0 aliphatic carbocycles. The maximum Gasteiger partial charge on any atom is 0.0224 e. The number of hydrogen-bond donors (Lipinski definition) is 1. The molecule has 1 atom stereocenters. The summed E-state index contributed by atoms with van der Waals surface area (Å²) in [7, 11) is 0. The van der Waals surface area contributed by atoms with Crippen LogP contribution in [0.3, 0.4) is 0 Å². The molecular formula is C13H25N3. The summed E-state index contributed by atoms with van der Waals surface area (Å²) in [6.45, 7) is 9.22. The molecule has 1 N–H and O–H groups in total. The summed E-state index contributed by atoms with van der Waals surface area (Å²) in [6.07, 6.45) is 5.67. The van der Waals surface area contributed by atoms with Gasteiger partial charge in [-0.1, -0.05) is 0 Å². The van der Waals surface area contributed by atoms with Crippen molar-refractivity contribution in [3.05, 3.63) is 0 Å². The molecule has 92 valence electrons. The predicted molar refractivity (Wildman–Crippen MR) is 66.6 cm³/mol. The largest absolute Gasteiger partial charge is 0.317 e. The summed E-state index contributed by atoms with van der Waals surface area (Å²) in [4.78, 5) is 5.45. The van der Waals surface area contributed by atoms with Gasteiger partial charge in [0.25, 0.3) is 0 Å². The second-order valence-electron chi connectivity index (χ2n) is 5.78. The molecule has 0 saturated carbocycles. The van der Waals surface area contributed by atoms with Crippen molar-refractivity contribution in [1.82, 2.24) is 15.1 Å².